The Hall–Kier alpha value is -3.00. The van der Waals surface area contributed by atoms with Crippen molar-refractivity contribution in [3.8, 4) is 17.3 Å². The Morgan fingerprint density at radius 3 is 2.64 bits per heavy atom. The van der Waals surface area contributed by atoms with Gasteiger partial charge in [-0.25, -0.2) is 9.07 Å². The van der Waals surface area contributed by atoms with Crippen LogP contribution < -0.4 is 0 Å². The number of aryl methyl sites for hydroxylation is 1. The van der Waals surface area contributed by atoms with Crippen LogP contribution in [0.25, 0.3) is 11.3 Å². The van der Waals surface area contributed by atoms with Crippen molar-refractivity contribution in [3.05, 3.63) is 71.2 Å². The van der Waals surface area contributed by atoms with Crippen LogP contribution in [0.1, 0.15) is 16.7 Å². The maximum atomic E-state index is 13.4. The average Bonchev–Trinajstić information content (AvgIpc) is 2.99. The van der Waals surface area contributed by atoms with E-state index in [1.54, 1.807) is 42.1 Å². The van der Waals surface area contributed by atoms with Crippen molar-refractivity contribution in [3.63, 3.8) is 0 Å². The molecule has 5 heteroatoms. The molecule has 2 aromatic carbocycles. The number of aromatic nitrogens is 3. The third-order valence-electron chi connectivity index (χ3n) is 3.49. The van der Waals surface area contributed by atoms with E-state index >= 15 is 0 Å². The number of nitrogens with zero attached hydrogens (tertiary/aromatic N) is 4. The minimum absolute atomic E-state index is 0.227. The minimum Gasteiger partial charge on any atom is -0.240 e. The molecule has 0 atom stereocenters. The summed E-state index contributed by atoms with van der Waals surface area (Å²) < 4.78 is 15.2. The summed E-state index contributed by atoms with van der Waals surface area (Å²) in [5, 5.41) is 16.9. The molecule has 0 amide bonds. The minimum atomic E-state index is -0.227. The van der Waals surface area contributed by atoms with Gasteiger partial charge in [0.05, 0.1) is 30.1 Å². The third-order valence-corrected chi connectivity index (χ3v) is 3.49. The number of hydrogen-bond donors (Lipinski definition) is 0. The number of rotatable bonds is 3. The first kappa shape index (κ1) is 14.0. The van der Waals surface area contributed by atoms with E-state index in [-0.39, 0.29) is 5.82 Å². The van der Waals surface area contributed by atoms with Crippen LogP contribution in [0.2, 0.25) is 0 Å². The van der Waals surface area contributed by atoms with E-state index in [0.717, 1.165) is 16.8 Å². The first-order chi connectivity index (χ1) is 10.7. The van der Waals surface area contributed by atoms with Crippen molar-refractivity contribution in [2.75, 3.05) is 0 Å². The van der Waals surface area contributed by atoms with Gasteiger partial charge in [0.15, 0.2) is 0 Å². The van der Waals surface area contributed by atoms with E-state index < -0.39 is 0 Å². The van der Waals surface area contributed by atoms with Gasteiger partial charge in [-0.3, -0.25) is 0 Å². The molecule has 1 heterocycles. The fourth-order valence-electron chi connectivity index (χ4n) is 2.26. The van der Waals surface area contributed by atoms with Crippen LogP contribution >= 0.6 is 0 Å². The van der Waals surface area contributed by atoms with E-state index in [1.807, 2.05) is 12.1 Å². The smallest absolute Gasteiger partial charge is 0.126 e. The highest BCUT2D eigenvalue weighted by Gasteiger charge is 2.09. The second-order valence-corrected chi connectivity index (χ2v) is 5.05. The molecule has 3 rings (SSSR count). The lowest BCUT2D eigenvalue weighted by molar-refractivity contribution is 0.618. The molecule has 0 bridgehead atoms. The summed E-state index contributed by atoms with van der Waals surface area (Å²) in [7, 11) is 0. The molecule has 0 saturated heterocycles. The normalized spacial score (nSPS) is 10.4. The van der Waals surface area contributed by atoms with Gasteiger partial charge in [-0.1, -0.05) is 17.3 Å². The lowest BCUT2D eigenvalue weighted by Crippen LogP contribution is -2.04. The van der Waals surface area contributed by atoms with Crippen LogP contribution in [-0.2, 0) is 6.54 Å². The van der Waals surface area contributed by atoms with Gasteiger partial charge in [0.1, 0.15) is 5.82 Å². The second-order valence-electron chi connectivity index (χ2n) is 5.05. The van der Waals surface area contributed by atoms with Crippen LogP contribution in [0.5, 0.6) is 0 Å². The Bertz CT molecular complexity index is 844. The highest BCUT2D eigenvalue weighted by molar-refractivity contribution is 5.59. The summed E-state index contributed by atoms with van der Waals surface area (Å²) in [6, 6.07) is 14.4. The molecular formula is C17H13FN4. The average molecular weight is 292 g/mol. The lowest BCUT2D eigenvalue weighted by Gasteiger charge is -2.07. The Morgan fingerprint density at radius 1 is 1.18 bits per heavy atom. The molecule has 0 N–H and O–H groups in total. The molecular weight excluding hydrogens is 279 g/mol. The van der Waals surface area contributed by atoms with Gasteiger partial charge in [-0.2, -0.15) is 5.26 Å². The van der Waals surface area contributed by atoms with Crippen molar-refractivity contribution >= 4 is 0 Å². The largest absolute Gasteiger partial charge is 0.240 e. The van der Waals surface area contributed by atoms with E-state index in [9.17, 15) is 4.39 Å². The van der Waals surface area contributed by atoms with E-state index in [2.05, 4.69) is 16.4 Å². The molecule has 0 spiro atoms. The molecule has 3 aromatic rings. The Morgan fingerprint density at radius 2 is 1.95 bits per heavy atom. The third kappa shape index (κ3) is 2.72. The van der Waals surface area contributed by atoms with E-state index in [0.29, 0.717) is 17.7 Å². The van der Waals surface area contributed by atoms with Crippen molar-refractivity contribution in [2.24, 2.45) is 0 Å². The predicted octanol–water partition coefficient (Wildman–Crippen LogP) is 3.31. The van der Waals surface area contributed by atoms with Gasteiger partial charge in [0.2, 0.25) is 0 Å². The van der Waals surface area contributed by atoms with Gasteiger partial charge in [0.25, 0.3) is 0 Å². The molecule has 0 saturated carbocycles. The number of halogens is 1. The highest BCUT2D eigenvalue weighted by atomic mass is 19.1. The molecule has 0 aliphatic rings. The van der Waals surface area contributed by atoms with E-state index in [4.69, 9.17) is 5.26 Å². The van der Waals surface area contributed by atoms with Gasteiger partial charge in [0, 0.05) is 5.56 Å². The molecule has 0 aliphatic carbocycles. The molecule has 22 heavy (non-hydrogen) atoms. The van der Waals surface area contributed by atoms with Gasteiger partial charge < -0.3 is 0 Å². The second kappa shape index (κ2) is 5.78. The van der Waals surface area contributed by atoms with Gasteiger partial charge in [-0.05, 0) is 48.4 Å². The van der Waals surface area contributed by atoms with Gasteiger partial charge in [-0.15, -0.1) is 5.10 Å². The lowest BCUT2D eigenvalue weighted by atomic mass is 10.1. The molecule has 0 unspecified atom stereocenters. The highest BCUT2D eigenvalue weighted by Crippen LogP contribution is 2.21. The van der Waals surface area contributed by atoms with Crippen LogP contribution in [0.4, 0.5) is 4.39 Å². The quantitative estimate of drug-likeness (QED) is 0.744. The van der Waals surface area contributed by atoms with Crippen LogP contribution in [0.15, 0.2) is 48.7 Å². The molecule has 4 nitrogen and oxygen atoms in total. The van der Waals surface area contributed by atoms with Crippen molar-refractivity contribution in [1.82, 2.24) is 15.0 Å². The monoisotopic (exact) mass is 292 g/mol. The van der Waals surface area contributed by atoms with E-state index in [1.165, 1.54) is 6.07 Å². The first-order valence-corrected chi connectivity index (χ1v) is 6.81. The zero-order valence-electron chi connectivity index (χ0n) is 12.0. The topological polar surface area (TPSA) is 54.5 Å². The first-order valence-electron chi connectivity index (χ1n) is 6.81. The fraction of sp³-hybridized carbons (Fsp3) is 0.118. The van der Waals surface area contributed by atoms with Crippen molar-refractivity contribution < 1.29 is 4.39 Å². The molecule has 0 fully saturated rings. The summed E-state index contributed by atoms with van der Waals surface area (Å²) in [5.74, 6) is -0.227. The Labute approximate surface area is 127 Å². The van der Waals surface area contributed by atoms with Crippen LogP contribution in [0.3, 0.4) is 0 Å². The van der Waals surface area contributed by atoms with Crippen molar-refractivity contribution in [1.29, 1.82) is 5.26 Å². The zero-order valence-corrected chi connectivity index (χ0v) is 12.0. The Balaban J connectivity index is 1.91. The summed E-state index contributed by atoms with van der Waals surface area (Å²) in [5.41, 5.74) is 3.93. The molecule has 0 aliphatic heterocycles. The zero-order chi connectivity index (χ0) is 15.5. The van der Waals surface area contributed by atoms with Crippen LogP contribution in [-0.4, -0.2) is 15.0 Å². The van der Waals surface area contributed by atoms with Crippen LogP contribution in [0, 0.1) is 24.1 Å². The number of benzene rings is 2. The number of nitriles is 1. The van der Waals surface area contributed by atoms with Gasteiger partial charge >= 0.3 is 0 Å². The Kier molecular flexibility index (Phi) is 3.67. The summed E-state index contributed by atoms with van der Waals surface area (Å²) in [4.78, 5) is 0. The summed E-state index contributed by atoms with van der Waals surface area (Å²) in [6.45, 7) is 2.27. The predicted molar refractivity (Wildman–Crippen MR) is 80.4 cm³/mol. The molecule has 108 valence electrons. The summed E-state index contributed by atoms with van der Waals surface area (Å²) in [6.07, 6.45) is 1.66. The SMILES string of the molecule is Cc1cc(-c2cnnn2Cc2ccc(C#N)cc2)ccc1F. The molecule has 0 radical (unpaired) electrons. The maximum absolute atomic E-state index is 13.4. The standard InChI is InChI=1S/C17H13FN4/c1-12-8-15(6-7-16(12)18)17-10-20-21-22(17)11-14-4-2-13(9-19)3-5-14/h2-8,10H,11H2,1H3. The molecule has 1 aromatic heterocycles. The maximum Gasteiger partial charge on any atom is 0.126 e. The number of hydrogen-bond acceptors (Lipinski definition) is 3. The van der Waals surface area contributed by atoms with Crippen molar-refractivity contribution in [2.45, 2.75) is 13.5 Å². The summed E-state index contributed by atoms with van der Waals surface area (Å²) >= 11 is 0. The fourth-order valence-corrected chi connectivity index (χ4v) is 2.26.